The Kier molecular flexibility index (Phi) is 3.57. The highest BCUT2D eigenvalue weighted by molar-refractivity contribution is 9.11. The number of rotatable bonds is 2. The van der Waals surface area contributed by atoms with Crippen LogP contribution >= 0.6 is 38.6 Å². The molecule has 0 aliphatic carbocycles. The third-order valence-corrected chi connectivity index (χ3v) is 5.50. The van der Waals surface area contributed by atoms with Crippen LogP contribution in [0.1, 0.15) is 40.2 Å². The smallest absolute Gasteiger partial charge is 0.212 e. The molecule has 0 bridgehead atoms. The van der Waals surface area contributed by atoms with Crippen molar-refractivity contribution in [2.45, 2.75) is 26.2 Å². The van der Waals surface area contributed by atoms with E-state index in [9.17, 15) is 4.79 Å². The summed E-state index contributed by atoms with van der Waals surface area (Å²) in [6.07, 6.45) is 0. The van der Waals surface area contributed by atoms with Crippen LogP contribution < -0.4 is 0 Å². The third kappa shape index (κ3) is 2.87. The summed E-state index contributed by atoms with van der Waals surface area (Å²) in [4.78, 5) is 15.1. The van der Waals surface area contributed by atoms with Crippen molar-refractivity contribution in [1.82, 2.24) is 0 Å². The van der Waals surface area contributed by atoms with Crippen LogP contribution in [0.4, 0.5) is 0 Å². The quantitative estimate of drug-likeness (QED) is 0.701. The number of ketones is 1. The molecule has 0 aliphatic rings. The van der Waals surface area contributed by atoms with Crippen molar-refractivity contribution >= 4 is 44.4 Å². The van der Waals surface area contributed by atoms with Gasteiger partial charge in [-0.05, 0) is 45.6 Å². The van der Waals surface area contributed by atoms with Gasteiger partial charge in [-0.25, -0.2) is 0 Å². The first-order valence-electron chi connectivity index (χ1n) is 5.28. The summed E-state index contributed by atoms with van der Waals surface area (Å²) in [7, 11) is 0. The van der Waals surface area contributed by atoms with Crippen molar-refractivity contribution in [2.24, 2.45) is 0 Å². The lowest BCUT2D eigenvalue weighted by Gasteiger charge is -2.15. The SMILES string of the molecule is CC(C)(C)c1ccc(C(=O)c2ccc(Br)s2)s1. The molecule has 2 heterocycles. The molecule has 17 heavy (non-hydrogen) atoms. The van der Waals surface area contributed by atoms with Crippen molar-refractivity contribution in [1.29, 1.82) is 0 Å². The van der Waals surface area contributed by atoms with E-state index in [0.717, 1.165) is 13.5 Å². The molecule has 0 spiro atoms. The number of thiophene rings is 2. The van der Waals surface area contributed by atoms with E-state index in [4.69, 9.17) is 0 Å². The van der Waals surface area contributed by atoms with Crippen LogP contribution in [0.2, 0.25) is 0 Å². The topological polar surface area (TPSA) is 17.1 Å². The lowest BCUT2D eigenvalue weighted by molar-refractivity contribution is 0.104. The molecule has 0 saturated heterocycles. The van der Waals surface area contributed by atoms with Gasteiger partial charge in [-0.15, -0.1) is 22.7 Å². The van der Waals surface area contributed by atoms with E-state index in [1.807, 2.05) is 18.2 Å². The fourth-order valence-corrected chi connectivity index (χ4v) is 3.84. The van der Waals surface area contributed by atoms with Crippen LogP contribution in [0.3, 0.4) is 0 Å². The van der Waals surface area contributed by atoms with Crippen LogP contribution in [0.15, 0.2) is 28.1 Å². The molecule has 90 valence electrons. The highest BCUT2D eigenvalue weighted by Crippen LogP contribution is 2.32. The highest BCUT2D eigenvalue weighted by atomic mass is 79.9. The summed E-state index contributed by atoms with van der Waals surface area (Å²) < 4.78 is 0.994. The van der Waals surface area contributed by atoms with E-state index >= 15 is 0 Å². The van der Waals surface area contributed by atoms with Crippen molar-refractivity contribution < 1.29 is 4.79 Å². The molecule has 0 N–H and O–H groups in total. The minimum atomic E-state index is 0.110. The molecule has 2 aromatic rings. The van der Waals surface area contributed by atoms with Crippen LogP contribution in [-0.4, -0.2) is 5.78 Å². The first-order valence-corrected chi connectivity index (χ1v) is 7.71. The molecule has 0 amide bonds. The summed E-state index contributed by atoms with van der Waals surface area (Å²) >= 11 is 6.45. The molecule has 0 saturated carbocycles. The van der Waals surface area contributed by atoms with Crippen LogP contribution in [0.25, 0.3) is 0 Å². The van der Waals surface area contributed by atoms with Gasteiger partial charge in [-0.3, -0.25) is 4.79 Å². The average Bonchev–Trinajstić information content (AvgIpc) is 2.83. The van der Waals surface area contributed by atoms with E-state index in [1.54, 1.807) is 11.3 Å². The fraction of sp³-hybridized carbons (Fsp3) is 0.308. The Morgan fingerprint density at radius 3 is 2.12 bits per heavy atom. The number of hydrogen-bond acceptors (Lipinski definition) is 3. The molecule has 0 atom stereocenters. The van der Waals surface area contributed by atoms with E-state index < -0.39 is 0 Å². The molecular weight excluding hydrogens is 316 g/mol. The summed E-state index contributed by atoms with van der Waals surface area (Å²) in [6, 6.07) is 7.77. The van der Waals surface area contributed by atoms with E-state index in [1.165, 1.54) is 16.2 Å². The number of carbonyl (C=O) groups excluding carboxylic acids is 1. The summed E-state index contributed by atoms with van der Waals surface area (Å²) in [5.41, 5.74) is 0.110. The maximum absolute atomic E-state index is 12.2. The first-order chi connectivity index (χ1) is 7.88. The molecule has 0 unspecified atom stereocenters. The maximum Gasteiger partial charge on any atom is 0.212 e. The van der Waals surface area contributed by atoms with Gasteiger partial charge in [0.15, 0.2) is 0 Å². The zero-order valence-electron chi connectivity index (χ0n) is 9.91. The molecule has 2 aromatic heterocycles. The largest absolute Gasteiger partial charge is 0.287 e. The first kappa shape index (κ1) is 13.0. The standard InChI is InChI=1S/C13H13BrOS2/c1-13(2,3)10-6-4-8(16-10)12(15)9-5-7-11(14)17-9/h4-7H,1-3H3. The van der Waals surface area contributed by atoms with Gasteiger partial charge in [0.05, 0.1) is 13.5 Å². The fourth-order valence-electron chi connectivity index (χ4n) is 1.42. The van der Waals surface area contributed by atoms with Gasteiger partial charge in [-0.2, -0.15) is 0 Å². The van der Waals surface area contributed by atoms with Gasteiger partial charge in [0, 0.05) is 4.88 Å². The second-order valence-corrected chi connectivity index (χ2v) is 8.39. The zero-order chi connectivity index (χ0) is 12.6. The maximum atomic E-state index is 12.2. The number of carbonyl (C=O) groups is 1. The van der Waals surface area contributed by atoms with Crippen molar-refractivity contribution in [3.63, 3.8) is 0 Å². The average molecular weight is 329 g/mol. The molecule has 0 aromatic carbocycles. The number of hydrogen-bond donors (Lipinski definition) is 0. The third-order valence-electron chi connectivity index (χ3n) is 2.37. The number of halogens is 1. The van der Waals surface area contributed by atoms with Gasteiger partial charge in [0.2, 0.25) is 5.78 Å². The second-order valence-electron chi connectivity index (χ2n) is 4.85. The summed E-state index contributed by atoms with van der Waals surface area (Å²) in [6.45, 7) is 6.48. The van der Waals surface area contributed by atoms with E-state index in [0.29, 0.717) is 0 Å². The molecule has 1 nitrogen and oxygen atoms in total. The van der Waals surface area contributed by atoms with Gasteiger partial charge < -0.3 is 0 Å². The monoisotopic (exact) mass is 328 g/mol. The second kappa shape index (κ2) is 4.67. The van der Waals surface area contributed by atoms with Crippen molar-refractivity contribution in [2.75, 3.05) is 0 Å². The Bertz CT molecular complexity index is 546. The van der Waals surface area contributed by atoms with Crippen molar-refractivity contribution in [3.05, 3.63) is 42.7 Å². The minimum Gasteiger partial charge on any atom is -0.287 e. The highest BCUT2D eigenvalue weighted by Gasteiger charge is 2.19. The summed E-state index contributed by atoms with van der Waals surface area (Å²) in [5, 5.41) is 0. The molecule has 2 rings (SSSR count). The van der Waals surface area contributed by atoms with Crippen LogP contribution in [0, 0.1) is 0 Å². The van der Waals surface area contributed by atoms with Crippen LogP contribution in [-0.2, 0) is 5.41 Å². The van der Waals surface area contributed by atoms with E-state index in [2.05, 4.69) is 42.8 Å². The van der Waals surface area contributed by atoms with Crippen molar-refractivity contribution in [3.8, 4) is 0 Å². The van der Waals surface area contributed by atoms with Gasteiger partial charge >= 0.3 is 0 Å². The predicted molar refractivity (Wildman–Crippen MR) is 78.5 cm³/mol. The molecule has 0 aliphatic heterocycles. The van der Waals surface area contributed by atoms with Gasteiger partial charge in [0.1, 0.15) is 0 Å². The molecule has 0 radical (unpaired) electrons. The van der Waals surface area contributed by atoms with Gasteiger partial charge in [0.25, 0.3) is 0 Å². The Balaban J connectivity index is 2.30. The Labute approximate surface area is 118 Å². The zero-order valence-corrected chi connectivity index (χ0v) is 13.1. The molecule has 4 heteroatoms. The lowest BCUT2D eigenvalue weighted by Crippen LogP contribution is -2.07. The minimum absolute atomic E-state index is 0.110. The normalized spacial score (nSPS) is 11.8. The van der Waals surface area contributed by atoms with Crippen LogP contribution in [0.5, 0.6) is 0 Å². The predicted octanol–water partition coefficient (Wildman–Crippen LogP) is 5.10. The van der Waals surface area contributed by atoms with Gasteiger partial charge in [-0.1, -0.05) is 20.8 Å². The summed E-state index contributed by atoms with van der Waals surface area (Å²) in [5.74, 6) is 0.126. The Morgan fingerprint density at radius 2 is 1.65 bits per heavy atom. The molecular formula is C13H13BrOS2. The molecule has 0 fully saturated rings. The Morgan fingerprint density at radius 1 is 1.06 bits per heavy atom. The Hall–Kier alpha value is -0.450. The lowest BCUT2D eigenvalue weighted by atomic mass is 9.95. The van der Waals surface area contributed by atoms with E-state index in [-0.39, 0.29) is 11.2 Å².